The van der Waals surface area contributed by atoms with Crippen molar-refractivity contribution in [3.05, 3.63) is 58.3 Å². The summed E-state index contributed by atoms with van der Waals surface area (Å²) in [6.07, 6.45) is 0. The number of nitrogens with one attached hydrogen (secondary N) is 1. The minimum atomic E-state index is -4.08. The average Bonchev–Trinajstić information content (AvgIpc) is 2.43. The van der Waals surface area contributed by atoms with Crippen molar-refractivity contribution in [2.75, 3.05) is 4.72 Å². The molecule has 0 amide bonds. The maximum absolute atomic E-state index is 13.6. The molecule has 0 heterocycles. The number of anilines is 1. The zero-order valence-electron chi connectivity index (χ0n) is 10.4. The fraction of sp³-hybridized carbons (Fsp3) is 0. The number of rotatable bonds is 4. The zero-order chi connectivity index (χ0) is 15.6. The van der Waals surface area contributed by atoms with Crippen molar-refractivity contribution in [1.29, 1.82) is 0 Å². The number of hydrogen-bond donors (Lipinski definition) is 2. The third kappa shape index (κ3) is 3.59. The lowest BCUT2D eigenvalue weighted by Crippen LogP contribution is -2.14. The Bertz CT molecular complexity index is 808. The zero-order valence-corrected chi connectivity index (χ0v) is 12.8. The Morgan fingerprint density at radius 1 is 1.19 bits per heavy atom. The number of aromatic carboxylic acids is 1. The number of sulfonamides is 1. The SMILES string of the molecule is O=C(O)c1cccc(S(=O)(=O)Nc2cc(Br)ccc2F)c1. The van der Waals surface area contributed by atoms with Gasteiger partial charge in [-0.2, -0.15) is 0 Å². The van der Waals surface area contributed by atoms with E-state index in [2.05, 4.69) is 20.7 Å². The van der Waals surface area contributed by atoms with Crippen molar-refractivity contribution in [2.24, 2.45) is 0 Å². The van der Waals surface area contributed by atoms with E-state index in [9.17, 15) is 17.6 Å². The predicted molar refractivity (Wildman–Crippen MR) is 78.3 cm³/mol. The normalized spacial score (nSPS) is 11.1. The van der Waals surface area contributed by atoms with Crippen molar-refractivity contribution in [2.45, 2.75) is 4.90 Å². The second-order valence-electron chi connectivity index (χ2n) is 4.06. The smallest absolute Gasteiger partial charge is 0.335 e. The number of carboxylic acid groups (broad SMARTS) is 1. The molecule has 0 aliphatic heterocycles. The molecule has 0 aromatic heterocycles. The summed E-state index contributed by atoms with van der Waals surface area (Å²) in [4.78, 5) is 10.6. The fourth-order valence-corrected chi connectivity index (χ4v) is 3.04. The molecule has 0 aliphatic carbocycles. The molecule has 0 bridgehead atoms. The largest absolute Gasteiger partial charge is 0.478 e. The fourth-order valence-electron chi connectivity index (χ4n) is 1.58. The molecular formula is C13H9BrFNO4S. The van der Waals surface area contributed by atoms with Gasteiger partial charge < -0.3 is 5.11 Å². The summed E-state index contributed by atoms with van der Waals surface area (Å²) in [6.45, 7) is 0. The summed E-state index contributed by atoms with van der Waals surface area (Å²) in [5.74, 6) is -1.99. The molecule has 0 spiro atoms. The van der Waals surface area contributed by atoms with Crippen LogP contribution in [-0.4, -0.2) is 19.5 Å². The predicted octanol–water partition coefficient (Wildman–Crippen LogP) is 3.09. The van der Waals surface area contributed by atoms with Gasteiger partial charge in [0, 0.05) is 4.47 Å². The quantitative estimate of drug-likeness (QED) is 0.862. The second kappa shape index (κ2) is 5.82. The van der Waals surface area contributed by atoms with Gasteiger partial charge in [0.2, 0.25) is 0 Å². The van der Waals surface area contributed by atoms with E-state index in [-0.39, 0.29) is 16.1 Å². The Balaban J connectivity index is 2.41. The van der Waals surface area contributed by atoms with Gasteiger partial charge in [0.15, 0.2) is 0 Å². The second-order valence-corrected chi connectivity index (χ2v) is 6.66. The summed E-state index contributed by atoms with van der Waals surface area (Å²) in [5.41, 5.74) is -0.405. The van der Waals surface area contributed by atoms with Crippen LogP contribution in [0.4, 0.5) is 10.1 Å². The number of carboxylic acids is 1. The standard InChI is InChI=1S/C13H9BrFNO4S/c14-9-4-5-11(15)12(7-9)16-21(19,20)10-3-1-2-8(6-10)13(17)18/h1-7,16H,(H,17,18). The van der Waals surface area contributed by atoms with Crippen LogP contribution >= 0.6 is 15.9 Å². The lowest BCUT2D eigenvalue weighted by atomic mass is 10.2. The highest BCUT2D eigenvalue weighted by Gasteiger charge is 2.18. The van der Waals surface area contributed by atoms with Crippen molar-refractivity contribution in [3.8, 4) is 0 Å². The Labute approximate surface area is 128 Å². The first-order valence-corrected chi connectivity index (χ1v) is 7.88. The average molecular weight is 374 g/mol. The maximum Gasteiger partial charge on any atom is 0.335 e. The molecule has 8 heteroatoms. The van der Waals surface area contributed by atoms with Crippen LogP contribution in [0.25, 0.3) is 0 Å². The van der Waals surface area contributed by atoms with Crippen LogP contribution < -0.4 is 4.72 Å². The first-order valence-electron chi connectivity index (χ1n) is 5.61. The van der Waals surface area contributed by atoms with Gasteiger partial charge >= 0.3 is 5.97 Å². The van der Waals surface area contributed by atoms with Gasteiger partial charge in [-0.15, -0.1) is 0 Å². The van der Waals surface area contributed by atoms with E-state index in [1.54, 1.807) is 0 Å². The van der Waals surface area contributed by atoms with Gasteiger partial charge in [-0.3, -0.25) is 4.72 Å². The Kier molecular flexibility index (Phi) is 4.29. The summed E-state index contributed by atoms with van der Waals surface area (Å²) in [7, 11) is -4.08. The lowest BCUT2D eigenvalue weighted by Gasteiger charge is -2.09. The molecule has 0 aliphatic rings. The highest BCUT2D eigenvalue weighted by molar-refractivity contribution is 9.10. The Morgan fingerprint density at radius 3 is 2.57 bits per heavy atom. The van der Waals surface area contributed by atoms with Crippen molar-refractivity contribution in [1.82, 2.24) is 0 Å². The van der Waals surface area contributed by atoms with Crippen LogP contribution in [0.1, 0.15) is 10.4 Å². The molecule has 0 saturated heterocycles. The van der Waals surface area contributed by atoms with Gasteiger partial charge in [-0.25, -0.2) is 17.6 Å². The van der Waals surface area contributed by atoms with Crippen molar-refractivity contribution < 1.29 is 22.7 Å². The monoisotopic (exact) mass is 373 g/mol. The molecule has 0 saturated carbocycles. The molecule has 0 atom stereocenters. The van der Waals surface area contributed by atoms with Crippen molar-refractivity contribution in [3.63, 3.8) is 0 Å². The van der Waals surface area contributed by atoms with Crippen LogP contribution in [0, 0.1) is 5.82 Å². The molecule has 2 aromatic carbocycles. The van der Waals surface area contributed by atoms with E-state index in [1.165, 1.54) is 30.3 Å². The molecule has 110 valence electrons. The van der Waals surface area contributed by atoms with Crippen LogP contribution in [0.5, 0.6) is 0 Å². The van der Waals surface area contributed by atoms with E-state index >= 15 is 0 Å². The molecule has 0 unspecified atom stereocenters. The number of halogens is 2. The van der Waals surface area contributed by atoms with Crippen LogP contribution in [0.3, 0.4) is 0 Å². The van der Waals surface area contributed by atoms with Crippen LogP contribution in [0.15, 0.2) is 51.8 Å². The molecule has 2 aromatic rings. The van der Waals surface area contributed by atoms with Gasteiger partial charge in [0.05, 0.1) is 16.1 Å². The third-order valence-corrected chi connectivity index (χ3v) is 4.42. The van der Waals surface area contributed by atoms with Crippen molar-refractivity contribution >= 4 is 37.6 Å². The van der Waals surface area contributed by atoms with Crippen LogP contribution in [-0.2, 0) is 10.0 Å². The minimum Gasteiger partial charge on any atom is -0.478 e. The van der Waals surface area contributed by atoms with E-state index in [1.807, 2.05) is 0 Å². The first kappa shape index (κ1) is 15.5. The van der Waals surface area contributed by atoms with Gasteiger partial charge in [-0.1, -0.05) is 22.0 Å². The van der Waals surface area contributed by atoms with Crippen LogP contribution in [0.2, 0.25) is 0 Å². The lowest BCUT2D eigenvalue weighted by molar-refractivity contribution is 0.0696. The number of carbonyl (C=O) groups is 1. The number of benzene rings is 2. The highest BCUT2D eigenvalue weighted by Crippen LogP contribution is 2.23. The summed E-state index contributed by atoms with van der Waals surface area (Å²) in [6, 6.07) is 8.60. The molecule has 0 radical (unpaired) electrons. The van der Waals surface area contributed by atoms with E-state index < -0.39 is 21.8 Å². The topological polar surface area (TPSA) is 83.5 Å². The summed E-state index contributed by atoms with van der Waals surface area (Å²) < 4.78 is 40.5. The molecule has 2 rings (SSSR count). The molecule has 5 nitrogen and oxygen atoms in total. The summed E-state index contributed by atoms with van der Waals surface area (Å²) >= 11 is 3.11. The van der Waals surface area contributed by atoms with E-state index in [4.69, 9.17) is 5.11 Å². The number of hydrogen-bond acceptors (Lipinski definition) is 3. The van der Waals surface area contributed by atoms with E-state index in [0.29, 0.717) is 4.47 Å². The Hall–Kier alpha value is -1.93. The van der Waals surface area contributed by atoms with E-state index in [0.717, 1.165) is 12.1 Å². The molecule has 21 heavy (non-hydrogen) atoms. The van der Waals surface area contributed by atoms with Gasteiger partial charge in [0.1, 0.15) is 5.82 Å². The maximum atomic E-state index is 13.6. The molecule has 2 N–H and O–H groups in total. The highest BCUT2D eigenvalue weighted by atomic mass is 79.9. The Morgan fingerprint density at radius 2 is 1.90 bits per heavy atom. The van der Waals surface area contributed by atoms with Gasteiger partial charge in [0.25, 0.3) is 10.0 Å². The minimum absolute atomic E-state index is 0.174. The molecule has 0 fully saturated rings. The van der Waals surface area contributed by atoms with Gasteiger partial charge in [-0.05, 0) is 36.4 Å². The summed E-state index contributed by atoms with van der Waals surface area (Å²) in [5, 5.41) is 8.86. The third-order valence-electron chi connectivity index (χ3n) is 2.56. The first-order chi connectivity index (χ1) is 9.79. The molecular weight excluding hydrogens is 365 g/mol.